The van der Waals surface area contributed by atoms with Gasteiger partial charge in [-0.2, -0.15) is 0 Å². The van der Waals surface area contributed by atoms with Crippen LogP contribution in [0, 0.1) is 0 Å². The van der Waals surface area contributed by atoms with Crippen molar-refractivity contribution in [3.8, 4) is 22.6 Å². The number of amides is 1. The van der Waals surface area contributed by atoms with Gasteiger partial charge in [-0.1, -0.05) is 54.6 Å². The van der Waals surface area contributed by atoms with Crippen molar-refractivity contribution < 1.29 is 23.8 Å². The summed E-state index contributed by atoms with van der Waals surface area (Å²) in [5, 5.41) is 2.74. The van der Waals surface area contributed by atoms with Gasteiger partial charge in [0.2, 0.25) is 0 Å². The van der Waals surface area contributed by atoms with Crippen LogP contribution in [0.4, 0.5) is 0 Å². The van der Waals surface area contributed by atoms with Gasteiger partial charge in [0.1, 0.15) is 11.5 Å². The standard InChI is InChI=1S/C25H25NO5/c1-18(25(28)26-16-19-8-12-22(29-2)13-9-19)31-24(27)17-30-23-14-10-21(11-15-23)20-6-4-3-5-7-20/h3-15,18H,16-17H2,1-2H3,(H,26,28)/t18-/m1/s1. The van der Waals surface area contributed by atoms with Crippen LogP contribution in [0.5, 0.6) is 11.5 Å². The monoisotopic (exact) mass is 419 g/mol. The van der Waals surface area contributed by atoms with E-state index in [2.05, 4.69) is 5.32 Å². The highest BCUT2D eigenvalue weighted by Crippen LogP contribution is 2.22. The van der Waals surface area contributed by atoms with E-state index in [4.69, 9.17) is 14.2 Å². The minimum Gasteiger partial charge on any atom is -0.497 e. The molecule has 0 bridgehead atoms. The van der Waals surface area contributed by atoms with Crippen molar-refractivity contribution in [2.45, 2.75) is 19.6 Å². The summed E-state index contributed by atoms with van der Waals surface area (Å²) in [7, 11) is 1.59. The number of hydrogen-bond donors (Lipinski definition) is 1. The summed E-state index contributed by atoms with van der Waals surface area (Å²) in [5.74, 6) is 0.302. The lowest BCUT2D eigenvalue weighted by atomic mass is 10.1. The second-order valence-corrected chi connectivity index (χ2v) is 6.88. The lowest BCUT2D eigenvalue weighted by Crippen LogP contribution is -2.36. The normalized spacial score (nSPS) is 11.3. The fraction of sp³-hybridized carbons (Fsp3) is 0.200. The maximum absolute atomic E-state index is 12.2. The van der Waals surface area contributed by atoms with E-state index in [9.17, 15) is 9.59 Å². The van der Waals surface area contributed by atoms with E-state index in [-0.39, 0.29) is 12.5 Å². The molecule has 0 unspecified atom stereocenters. The Hall–Kier alpha value is -3.80. The van der Waals surface area contributed by atoms with Gasteiger partial charge in [-0.05, 0) is 47.9 Å². The van der Waals surface area contributed by atoms with Gasteiger partial charge in [-0.25, -0.2) is 4.79 Å². The largest absolute Gasteiger partial charge is 0.497 e. The van der Waals surface area contributed by atoms with Crippen LogP contribution >= 0.6 is 0 Å². The summed E-state index contributed by atoms with van der Waals surface area (Å²) in [6, 6.07) is 24.7. The first-order valence-corrected chi connectivity index (χ1v) is 9.93. The van der Waals surface area contributed by atoms with E-state index in [1.807, 2.05) is 66.7 Å². The van der Waals surface area contributed by atoms with Crippen LogP contribution in [0.2, 0.25) is 0 Å². The number of ether oxygens (including phenoxy) is 3. The third kappa shape index (κ3) is 6.60. The molecule has 1 N–H and O–H groups in total. The van der Waals surface area contributed by atoms with Gasteiger partial charge in [0.15, 0.2) is 12.7 Å². The molecule has 6 heteroatoms. The predicted octanol–water partition coefficient (Wildman–Crippen LogP) is 3.99. The van der Waals surface area contributed by atoms with E-state index < -0.39 is 12.1 Å². The van der Waals surface area contributed by atoms with Crippen LogP contribution in [0.25, 0.3) is 11.1 Å². The Balaban J connectivity index is 1.41. The molecular formula is C25H25NO5. The zero-order chi connectivity index (χ0) is 22.1. The molecule has 0 aromatic heterocycles. The number of methoxy groups -OCH3 is 1. The molecule has 0 saturated heterocycles. The highest BCUT2D eigenvalue weighted by molar-refractivity contribution is 5.83. The fourth-order valence-corrected chi connectivity index (χ4v) is 2.88. The lowest BCUT2D eigenvalue weighted by molar-refractivity contribution is -0.156. The maximum atomic E-state index is 12.2. The van der Waals surface area contributed by atoms with Crippen molar-refractivity contribution in [2.24, 2.45) is 0 Å². The Labute approximate surface area is 181 Å². The van der Waals surface area contributed by atoms with Gasteiger partial charge in [-0.15, -0.1) is 0 Å². The summed E-state index contributed by atoms with van der Waals surface area (Å²) >= 11 is 0. The number of benzene rings is 3. The number of esters is 1. The van der Waals surface area contributed by atoms with E-state index in [1.54, 1.807) is 19.2 Å². The molecule has 1 amide bonds. The fourth-order valence-electron chi connectivity index (χ4n) is 2.88. The van der Waals surface area contributed by atoms with E-state index in [0.29, 0.717) is 12.3 Å². The molecule has 1 atom stereocenters. The van der Waals surface area contributed by atoms with Crippen molar-refractivity contribution in [2.75, 3.05) is 13.7 Å². The number of carbonyl (C=O) groups excluding carboxylic acids is 2. The number of hydrogen-bond acceptors (Lipinski definition) is 5. The average molecular weight is 419 g/mol. The maximum Gasteiger partial charge on any atom is 0.344 e. The van der Waals surface area contributed by atoms with Crippen molar-refractivity contribution in [3.05, 3.63) is 84.4 Å². The number of carbonyl (C=O) groups is 2. The van der Waals surface area contributed by atoms with E-state index in [0.717, 1.165) is 22.4 Å². The Kier molecular flexibility index (Phi) is 7.65. The minimum absolute atomic E-state index is 0.277. The Bertz CT molecular complexity index is 985. The Morgan fingerprint density at radius 2 is 1.45 bits per heavy atom. The van der Waals surface area contributed by atoms with Gasteiger partial charge in [0.25, 0.3) is 5.91 Å². The van der Waals surface area contributed by atoms with Crippen molar-refractivity contribution in [1.29, 1.82) is 0 Å². The van der Waals surface area contributed by atoms with Gasteiger partial charge in [0, 0.05) is 6.54 Å². The van der Waals surface area contributed by atoms with Crippen molar-refractivity contribution in [1.82, 2.24) is 5.32 Å². The molecular weight excluding hydrogens is 394 g/mol. The van der Waals surface area contributed by atoms with E-state index >= 15 is 0 Å². The lowest BCUT2D eigenvalue weighted by Gasteiger charge is -2.14. The first-order valence-electron chi connectivity index (χ1n) is 9.93. The molecule has 0 heterocycles. The molecule has 0 radical (unpaired) electrons. The summed E-state index contributed by atoms with van der Waals surface area (Å²) in [4.78, 5) is 24.2. The highest BCUT2D eigenvalue weighted by Gasteiger charge is 2.18. The van der Waals surface area contributed by atoms with Crippen molar-refractivity contribution >= 4 is 11.9 Å². The zero-order valence-corrected chi connectivity index (χ0v) is 17.5. The summed E-state index contributed by atoms with van der Waals surface area (Å²) in [5.41, 5.74) is 3.07. The molecule has 6 nitrogen and oxygen atoms in total. The Morgan fingerprint density at radius 3 is 2.10 bits per heavy atom. The highest BCUT2D eigenvalue weighted by atomic mass is 16.6. The molecule has 3 rings (SSSR count). The number of rotatable bonds is 9. The Morgan fingerprint density at radius 1 is 0.839 bits per heavy atom. The molecule has 0 fully saturated rings. The smallest absolute Gasteiger partial charge is 0.344 e. The molecule has 0 saturated carbocycles. The average Bonchev–Trinajstić information content (AvgIpc) is 2.82. The van der Waals surface area contributed by atoms with Crippen molar-refractivity contribution in [3.63, 3.8) is 0 Å². The van der Waals surface area contributed by atoms with Crippen LogP contribution in [0.15, 0.2) is 78.9 Å². The molecule has 31 heavy (non-hydrogen) atoms. The molecule has 0 aliphatic heterocycles. The van der Waals surface area contributed by atoms with Gasteiger partial charge in [-0.3, -0.25) is 4.79 Å². The van der Waals surface area contributed by atoms with Crippen LogP contribution < -0.4 is 14.8 Å². The first-order chi connectivity index (χ1) is 15.0. The molecule has 0 aliphatic rings. The van der Waals surface area contributed by atoms with Crippen LogP contribution in [0.1, 0.15) is 12.5 Å². The first kappa shape index (κ1) is 21.9. The summed E-state index contributed by atoms with van der Waals surface area (Å²) in [6.45, 7) is 1.58. The molecule has 0 spiro atoms. The second kappa shape index (κ2) is 10.8. The molecule has 160 valence electrons. The second-order valence-electron chi connectivity index (χ2n) is 6.88. The molecule has 0 aliphatic carbocycles. The molecule has 3 aromatic rings. The summed E-state index contributed by atoms with van der Waals surface area (Å²) < 4.78 is 15.7. The molecule has 3 aromatic carbocycles. The minimum atomic E-state index is -0.921. The topological polar surface area (TPSA) is 73.9 Å². The number of nitrogens with one attached hydrogen (secondary N) is 1. The van der Waals surface area contributed by atoms with E-state index in [1.165, 1.54) is 6.92 Å². The van der Waals surface area contributed by atoms with Gasteiger partial charge >= 0.3 is 5.97 Å². The van der Waals surface area contributed by atoms with Crippen LogP contribution in [-0.4, -0.2) is 31.7 Å². The zero-order valence-electron chi connectivity index (χ0n) is 17.5. The quantitative estimate of drug-likeness (QED) is 0.531. The SMILES string of the molecule is COc1ccc(CNC(=O)[C@@H](C)OC(=O)COc2ccc(-c3ccccc3)cc2)cc1. The van der Waals surface area contributed by atoms with Crippen LogP contribution in [0.3, 0.4) is 0 Å². The predicted molar refractivity (Wildman–Crippen MR) is 118 cm³/mol. The van der Waals surface area contributed by atoms with Gasteiger partial charge < -0.3 is 19.5 Å². The third-order valence-corrected chi connectivity index (χ3v) is 4.62. The summed E-state index contributed by atoms with van der Waals surface area (Å²) in [6.07, 6.45) is -0.921. The van der Waals surface area contributed by atoms with Gasteiger partial charge in [0.05, 0.1) is 7.11 Å². The third-order valence-electron chi connectivity index (χ3n) is 4.62. The van der Waals surface area contributed by atoms with Crippen LogP contribution in [-0.2, 0) is 20.9 Å².